The van der Waals surface area contributed by atoms with E-state index in [1.807, 2.05) is 0 Å². The van der Waals surface area contributed by atoms with E-state index in [1.165, 1.54) is 18.2 Å². The second kappa shape index (κ2) is 10.6. The maximum atomic E-state index is 13.8. The predicted octanol–water partition coefficient (Wildman–Crippen LogP) is 4.92. The summed E-state index contributed by atoms with van der Waals surface area (Å²) in [5, 5.41) is 1.74. The van der Waals surface area contributed by atoms with Gasteiger partial charge in [0.15, 0.2) is 27.3 Å². The van der Waals surface area contributed by atoms with Gasteiger partial charge in [-0.05, 0) is 61.6 Å². The predicted molar refractivity (Wildman–Crippen MR) is 133 cm³/mol. The summed E-state index contributed by atoms with van der Waals surface area (Å²) in [6, 6.07) is 5.18. The van der Waals surface area contributed by atoms with Crippen LogP contribution in [0.5, 0.6) is 0 Å². The minimum absolute atomic E-state index is 0.0188. The molecule has 2 aliphatic carbocycles. The average Bonchev–Trinajstić information content (AvgIpc) is 3.15. The van der Waals surface area contributed by atoms with Gasteiger partial charge in [-0.25, -0.2) is 21.6 Å². The van der Waals surface area contributed by atoms with Gasteiger partial charge in [0, 0.05) is 43.0 Å². The van der Waals surface area contributed by atoms with E-state index in [2.05, 4.69) is 10.2 Å². The third kappa shape index (κ3) is 5.39. The van der Waals surface area contributed by atoms with E-state index in [4.69, 9.17) is 16.3 Å². The number of sulfone groups is 1. The molecule has 3 fully saturated rings. The van der Waals surface area contributed by atoms with Crippen molar-refractivity contribution in [3.63, 3.8) is 0 Å². The van der Waals surface area contributed by atoms with Crippen molar-refractivity contribution in [1.82, 2.24) is 4.90 Å². The Morgan fingerprint density at radius 2 is 1.65 bits per heavy atom. The van der Waals surface area contributed by atoms with Gasteiger partial charge in [-0.15, -0.1) is 0 Å². The van der Waals surface area contributed by atoms with Crippen molar-refractivity contribution < 1.29 is 31.1 Å². The van der Waals surface area contributed by atoms with Crippen LogP contribution in [0.2, 0.25) is 5.02 Å². The highest BCUT2D eigenvalue weighted by atomic mass is 35.5. The molecule has 0 aromatic heterocycles. The Kier molecular flexibility index (Phi) is 7.55. The van der Waals surface area contributed by atoms with E-state index >= 15 is 0 Å². The largest absolute Gasteiger partial charge is 0.379 e. The molecule has 2 saturated carbocycles. The molecule has 200 valence electrons. The Labute approximate surface area is 219 Å². The standard InChI is InChI=1S/C26H28ClF3N2O4S/c27-20-4-3-18(26(33)31-19-12-21(28)24(30)22(29)13-19)11-23(20)37(34,35)25-16-1-2-17(25)10-15(9-16)14-32-5-7-36-8-6-32/h3-4,11-13,15-17,25H,1-2,5-10,14H2,(H,31,33). The molecule has 0 radical (unpaired) electrons. The second-order valence-corrected chi connectivity index (χ2v) is 12.7. The molecule has 2 atom stereocenters. The van der Waals surface area contributed by atoms with Gasteiger partial charge in [-0.3, -0.25) is 9.69 Å². The maximum absolute atomic E-state index is 13.8. The van der Waals surface area contributed by atoms with Crippen LogP contribution in [-0.2, 0) is 14.6 Å². The summed E-state index contributed by atoms with van der Waals surface area (Å²) >= 11 is 6.33. The summed E-state index contributed by atoms with van der Waals surface area (Å²) in [4.78, 5) is 15.0. The number of rotatable bonds is 6. The number of hydrogen-bond donors (Lipinski definition) is 1. The monoisotopic (exact) mass is 556 g/mol. The smallest absolute Gasteiger partial charge is 0.255 e. The Morgan fingerprint density at radius 1 is 1.03 bits per heavy atom. The van der Waals surface area contributed by atoms with Crippen molar-refractivity contribution in [1.29, 1.82) is 0 Å². The molecule has 1 N–H and O–H groups in total. The van der Waals surface area contributed by atoms with E-state index in [-0.39, 0.29) is 33.0 Å². The second-order valence-electron chi connectivity index (χ2n) is 10.2. The number of halogens is 4. The van der Waals surface area contributed by atoms with Crippen LogP contribution in [0.1, 0.15) is 36.0 Å². The first-order chi connectivity index (χ1) is 17.6. The van der Waals surface area contributed by atoms with Crippen molar-refractivity contribution >= 4 is 33.0 Å². The number of nitrogens with zero attached hydrogens (tertiary/aromatic N) is 1. The number of benzene rings is 2. The fourth-order valence-corrected chi connectivity index (χ4v) is 9.12. The van der Waals surface area contributed by atoms with Gasteiger partial charge in [0.2, 0.25) is 0 Å². The van der Waals surface area contributed by atoms with Gasteiger partial charge in [0.1, 0.15) is 0 Å². The molecule has 11 heteroatoms. The number of anilines is 1. The molecular formula is C26H28ClF3N2O4S. The number of carbonyl (C=O) groups excluding carboxylic acids is 1. The lowest BCUT2D eigenvalue weighted by molar-refractivity contribution is 0.0253. The molecule has 1 saturated heterocycles. The zero-order valence-corrected chi connectivity index (χ0v) is 21.6. The first-order valence-corrected chi connectivity index (χ1v) is 14.4. The number of hydrogen-bond acceptors (Lipinski definition) is 5. The lowest BCUT2D eigenvalue weighted by atomic mass is 9.80. The zero-order valence-electron chi connectivity index (χ0n) is 20.1. The highest BCUT2D eigenvalue weighted by Crippen LogP contribution is 2.50. The van der Waals surface area contributed by atoms with E-state index in [9.17, 15) is 26.4 Å². The number of carbonyl (C=O) groups is 1. The van der Waals surface area contributed by atoms with Crippen LogP contribution in [0.3, 0.4) is 0 Å². The molecule has 1 amide bonds. The van der Waals surface area contributed by atoms with Gasteiger partial charge in [0.25, 0.3) is 5.91 Å². The number of amides is 1. The van der Waals surface area contributed by atoms with E-state index < -0.39 is 38.4 Å². The first kappa shape index (κ1) is 26.5. The van der Waals surface area contributed by atoms with Crippen molar-refractivity contribution in [2.24, 2.45) is 17.8 Å². The molecule has 2 aromatic rings. The Hall–Kier alpha value is -2.14. The van der Waals surface area contributed by atoms with Gasteiger partial charge < -0.3 is 10.1 Å². The van der Waals surface area contributed by atoms with Crippen LogP contribution in [0.4, 0.5) is 18.9 Å². The summed E-state index contributed by atoms with van der Waals surface area (Å²) in [5.41, 5.74) is -0.334. The number of fused-ring (bicyclic) bond motifs is 2. The summed E-state index contributed by atoms with van der Waals surface area (Å²) in [7, 11) is -3.85. The third-order valence-electron chi connectivity index (χ3n) is 7.83. The van der Waals surface area contributed by atoms with Crippen LogP contribution in [0.15, 0.2) is 35.2 Å². The highest BCUT2D eigenvalue weighted by molar-refractivity contribution is 7.92. The molecule has 6 nitrogen and oxygen atoms in total. The zero-order chi connectivity index (χ0) is 26.3. The molecule has 1 heterocycles. The molecule has 0 spiro atoms. The fraction of sp³-hybridized carbons (Fsp3) is 0.500. The average molecular weight is 557 g/mol. The third-order valence-corrected chi connectivity index (χ3v) is 10.7. The molecular weight excluding hydrogens is 529 g/mol. The lowest BCUT2D eigenvalue weighted by Crippen LogP contribution is -2.43. The van der Waals surface area contributed by atoms with E-state index in [1.54, 1.807) is 0 Å². The van der Waals surface area contributed by atoms with Crippen molar-refractivity contribution in [3.8, 4) is 0 Å². The van der Waals surface area contributed by atoms with E-state index in [0.717, 1.165) is 58.5 Å². The van der Waals surface area contributed by atoms with Gasteiger partial charge in [-0.2, -0.15) is 0 Å². The molecule has 3 aliphatic rings. The van der Waals surface area contributed by atoms with Crippen molar-refractivity contribution in [2.75, 3.05) is 38.2 Å². The van der Waals surface area contributed by atoms with Crippen LogP contribution in [0.25, 0.3) is 0 Å². The Morgan fingerprint density at radius 3 is 2.27 bits per heavy atom. The quantitative estimate of drug-likeness (QED) is 0.511. The minimum atomic E-state index is -3.85. The van der Waals surface area contributed by atoms with E-state index in [0.29, 0.717) is 18.1 Å². The van der Waals surface area contributed by atoms with Gasteiger partial charge in [0.05, 0.1) is 28.4 Å². The summed E-state index contributed by atoms with van der Waals surface area (Å²) < 4.78 is 73.4. The van der Waals surface area contributed by atoms with Crippen LogP contribution in [0, 0.1) is 35.2 Å². The maximum Gasteiger partial charge on any atom is 0.255 e. The van der Waals surface area contributed by atoms with Crippen LogP contribution in [-0.4, -0.2) is 57.3 Å². The van der Waals surface area contributed by atoms with Crippen LogP contribution >= 0.6 is 11.6 Å². The molecule has 37 heavy (non-hydrogen) atoms. The number of morpholine rings is 1. The lowest BCUT2D eigenvalue weighted by Gasteiger charge is -2.38. The summed E-state index contributed by atoms with van der Waals surface area (Å²) in [6.07, 6.45) is 3.34. The first-order valence-electron chi connectivity index (χ1n) is 12.4. The van der Waals surface area contributed by atoms with Crippen LogP contribution < -0.4 is 5.32 Å². The molecule has 5 rings (SSSR count). The van der Waals surface area contributed by atoms with Gasteiger partial charge in [-0.1, -0.05) is 11.6 Å². The molecule has 2 aromatic carbocycles. The number of ether oxygens (including phenoxy) is 1. The molecule has 1 aliphatic heterocycles. The number of nitrogens with one attached hydrogen (secondary N) is 1. The summed E-state index contributed by atoms with van der Waals surface area (Å²) in [6.45, 7) is 4.20. The highest BCUT2D eigenvalue weighted by Gasteiger charge is 2.50. The SMILES string of the molecule is O=C(Nc1cc(F)c(F)c(F)c1)c1ccc(Cl)c(S(=O)(=O)C2C3CCC2CC(CN2CCOCC2)C3)c1. The fourth-order valence-electron chi connectivity index (χ4n) is 6.24. The van der Waals surface area contributed by atoms with Crippen molar-refractivity contribution in [2.45, 2.75) is 35.8 Å². The van der Waals surface area contributed by atoms with Crippen molar-refractivity contribution in [3.05, 3.63) is 58.4 Å². The summed E-state index contributed by atoms with van der Waals surface area (Å²) in [5.74, 6) is -4.86. The minimum Gasteiger partial charge on any atom is -0.379 e. The molecule has 2 bridgehead atoms. The Bertz CT molecular complexity index is 1270. The molecule has 2 unspecified atom stereocenters. The topological polar surface area (TPSA) is 75.7 Å². The Balaban J connectivity index is 1.34. The van der Waals surface area contributed by atoms with Gasteiger partial charge >= 0.3 is 0 Å². The normalized spacial score (nSPS) is 26.3.